The summed E-state index contributed by atoms with van der Waals surface area (Å²) in [6.45, 7) is 3.25. The second-order valence-electron chi connectivity index (χ2n) is 8.71. The highest BCUT2D eigenvalue weighted by Gasteiger charge is 2.33. The largest absolute Gasteiger partial charge is 0.497 e. The van der Waals surface area contributed by atoms with Gasteiger partial charge < -0.3 is 15.0 Å². The van der Waals surface area contributed by atoms with Crippen molar-refractivity contribution in [3.8, 4) is 5.75 Å². The normalized spacial score (nSPS) is 11.9. The lowest BCUT2D eigenvalue weighted by molar-refractivity contribution is -0.140. The van der Waals surface area contributed by atoms with Gasteiger partial charge in [-0.1, -0.05) is 48.4 Å². The number of carbonyl (C=O) groups is 2. The van der Waals surface area contributed by atoms with E-state index in [1.165, 1.54) is 31.2 Å². The van der Waals surface area contributed by atoms with Crippen molar-refractivity contribution >= 4 is 39.1 Å². The average molecular weight is 558 g/mol. The number of ether oxygens (including phenoxy) is 1. The first-order valence-electron chi connectivity index (χ1n) is 12.1. The van der Waals surface area contributed by atoms with E-state index in [0.717, 1.165) is 15.4 Å². The Morgan fingerprint density at radius 3 is 2.11 bits per heavy atom. The number of likely N-dealkylation sites (N-methyl/N-ethyl adjacent to an activating group) is 1. The average Bonchev–Trinajstić information content (AvgIpc) is 2.92. The summed E-state index contributed by atoms with van der Waals surface area (Å²) in [5, 5.41) is 3.15. The predicted octanol–water partition coefficient (Wildman–Crippen LogP) is 4.41. The first-order chi connectivity index (χ1) is 18.1. The molecule has 202 valence electrons. The lowest BCUT2D eigenvalue weighted by Gasteiger charge is -2.33. The molecule has 2 amide bonds. The lowest BCUT2D eigenvalue weighted by Crippen LogP contribution is -2.51. The third kappa shape index (κ3) is 6.85. The molecule has 3 aromatic carbocycles. The number of nitrogens with one attached hydrogen (secondary N) is 1. The van der Waals surface area contributed by atoms with Crippen molar-refractivity contribution in [2.75, 3.05) is 25.0 Å². The van der Waals surface area contributed by atoms with Crippen LogP contribution in [-0.2, 0) is 26.2 Å². The van der Waals surface area contributed by atoms with E-state index in [4.69, 9.17) is 16.3 Å². The fourth-order valence-electron chi connectivity index (χ4n) is 3.99. The Hall–Kier alpha value is -3.56. The highest BCUT2D eigenvalue weighted by atomic mass is 35.5. The number of benzene rings is 3. The van der Waals surface area contributed by atoms with Gasteiger partial charge in [0.25, 0.3) is 10.0 Å². The fourth-order valence-corrected chi connectivity index (χ4v) is 5.53. The molecule has 0 saturated carbocycles. The van der Waals surface area contributed by atoms with Gasteiger partial charge in [0.2, 0.25) is 11.8 Å². The first kappa shape index (κ1) is 29.0. The molecule has 0 aromatic heterocycles. The monoisotopic (exact) mass is 557 g/mol. The molecular weight excluding hydrogens is 526 g/mol. The number of rotatable bonds is 11. The zero-order valence-electron chi connectivity index (χ0n) is 21.8. The van der Waals surface area contributed by atoms with E-state index in [1.807, 2.05) is 6.92 Å². The SMILES string of the molecule is CCC(C(=O)NC)N(Cc1ccc(Cl)cc1)C(=O)CN(c1ccc(OC)cc1)S(=O)(=O)c1ccc(C)cc1. The summed E-state index contributed by atoms with van der Waals surface area (Å²) < 4.78 is 33.9. The number of hydrogen-bond acceptors (Lipinski definition) is 5. The third-order valence-electron chi connectivity index (χ3n) is 6.15. The molecule has 0 radical (unpaired) electrons. The summed E-state index contributed by atoms with van der Waals surface area (Å²) in [4.78, 5) is 28.1. The van der Waals surface area contributed by atoms with E-state index in [0.29, 0.717) is 22.9 Å². The number of nitrogens with zero attached hydrogens (tertiary/aromatic N) is 2. The zero-order chi connectivity index (χ0) is 27.9. The number of sulfonamides is 1. The summed E-state index contributed by atoms with van der Waals surface area (Å²) in [5.41, 5.74) is 1.95. The topological polar surface area (TPSA) is 96.0 Å². The molecule has 0 aliphatic carbocycles. The Morgan fingerprint density at radius 1 is 0.974 bits per heavy atom. The summed E-state index contributed by atoms with van der Waals surface area (Å²) in [7, 11) is -1.12. The molecule has 0 fully saturated rings. The van der Waals surface area contributed by atoms with E-state index in [2.05, 4.69) is 5.32 Å². The molecular formula is C28H32ClN3O5S. The zero-order valence-corrected chi connectivity index (χ0v) is 23.4. The van der Waals surface area contributed by atoms with Gasteiger partial charge in [0.1, 0.15) is 18.3 Å². The maximum Gasteiger partial charge on any atom is 0.264 e. The van der Waals surface area contributed by atoms with Gasteiger partial charge >= 0.3 is 0 Å². The minimum atomic E-state index is -4.13. The first-order valence-corrected chi connectivity index (χ1v) is 13.9. The van der Waals surface area contributed by atoms with Crippen LogP contribution in [0.4, 0.5) is 5.69 Å². The highest BCUT2D eigenvalue weighted by Crippen LogP contribution is 2.27. The van der Waals surface area contributed by atoms with E-state index < -0.39 is 28.5 Å². The van der Waals surface area contributed by atoms with Crippen molar-refractivity contribution in [3.05, 3.63) is 88.9 Å². The Kier molecular flexibility index (Phi) is 9.77. The maximum absolute atomic E-state index is 13.9. The fraction of sp³-hybridized carbons (Fsp3) is 0.286. The lowest BCUT2D eigenvalue weighted by atomic mass is 10.1. The van der Waals surface area contributed by atoms with Crippen LogP contribution in [0.1, 0.15) is 24.5 Å². The Morgan fingerprint density at radius 2 is 1.58 bits per heavy atom. The second kappa shape index (κ2) is 12.8. The summed E-state index contributed by atoms with van der Waals surface area (Å²) >= 11 is 6.02. The molecule has 0 saturated heterocycles. The molecule has 1 unspecified atom stereocenters. The van der Waals surface area contributed by atoms with Crippen LogP contribution >= 0.6 is 11.6 Å². The molecule has 8 nitrogen and oxygen atoms in total. The Bertz CT molecular complexity index is 1340. The number of halogens is 1. The number of methoxy groups -OCH3 is 1. The van der Waals surface area contributed by atoms with Crippen molar-refractivity contribution in [1.29, 1.82) is 0 Å². The highest BCUT2D eigenvalue weighted by molar-refractivity contribution is 7.92. The van der Waals surface area contributed by atoms with E-state index in [9.17, 15) is 18.0 Å². The molecule has 0 heterocycles. The van der Waals surface area contributed by atoms with Crippen LogP contribution in [0.5, 0.6) is 5.75 Å². The minimum absolute atomic E-state index is 0.0503. The summed E-state index contributed by atoms with van der Waals surface area (Å²) in [6, 6.07) is 19.0. The second-order valence-corrected chi connectivity index (χ2v) is 11.0. The quantitative estimate of drug-likeness (QED) is 0.377. The minimum Gasteiger partial charge on any atom is -0.497 e. The standard InChI is InChI=1S/C28H32ClN3O5S/c1-5-26(28(34)30-3)31(18-21-8-10-22(29)11-9-21)27(33)19-32(23-12-14-24(37-4)15-13-23)38(35,36)25-16-6-20(2)7-17-25/h6-17,26H,5,18-19H2,1-4H3,(H,30,34). The maximum atomic E-state index is 13.9. The van der Waals surface area contributed by atoms with Gasteiger partial charge in [-0.25, -0.2) is 8.42 Å². The van der Waals surface area contributed by atoms with Crippen LogP contribution in [0.3, 0.4) is 0 Å². The predicted molar refractivity (Wildman–Crippen MR) is 149 cm³/mol. The van der Waals surface area contributed by atoms with Gasteiger partial charge in [0, 0.05) is 18.6 Å². The number of anilines is 1. The molecule has 3 rings (SSSR count). The summed E-state index contributed by atoms with van der Waals surface area (Å²) in [6.07, 6.45) is 0.340. The molecule has 1 atom stereocenters. The molecule has 10 heteroatoms. The van der Waals surface area contributed by atoms with Crippen molar-refractivity contribution in [3.63, 3.8) is 0 Å². The number of hydrogen-bond donors (Lipinski definition) is 1. The van der Waals surface area contributed by atoms with Crippen LogP contribution < -0.4 is 14.4 Å². The number of aryl methyl sites for hydroxylation is 1. The van der Waals surface area contributed by atoms with Gasteiger partial charge in [0.15, 0.2) is 0 Å². The van der Waals surface area contributed by atoms with Crippen molar-refractivity contribution < 1.29 is 22.7 Å². The van der Waals surface area contributed by atoms with Gasteiger partial charge in [-0.3, -0.25) is 13.9 Å². The number of amides is 2. The van der Waals surface area contributed by atoms with Crippen LogP contribution in [-0.4, -0.2) is 51.9 Å². The van der Waals surface area contributed by atoms with Crippen molar-refractivity contribution in [2.45, 2.75) is 37.8 Å². The van der Waals surface area contributed by atoms with Crippen molar-refractivity contribution in [1.82, 2.24) is 10.2 Å². The Balaban J connectivity index is 2.05. The van der Waals surface area contributed by atoms with Crippen LogP contribution in [0.25, 0.3) is 0 Å². The molecule has 3 aromatic rings. The summed E-state index contributed by atoms with van der Waals surface area (Å²) in [5.74, 6) is -0.322. The Labute approximate surface area is 229 Å². The molecule has 0 aliphatic heterocycles. The number of carbonyl (C=O) groups excluding carboxylic acids is 2. The van der Waals surface area contributed by atoms with E-state index in [1.54, 1.807) is 67.6 Å². The smallest absolute Gasteiger partial charge is 0.264 e. The molecule has 0 aliphatic rings. The van der Waals surface area contributed by atoms with E-state index >= 15 is 0 Å². The van der Waals surface area contributed by atoms with Gasteiger partial charge in [-0.05, 0) is 67.4 Å². The van der Waals surface area contributed by atoms with Gasteiger partial charge in [-0.2, -0.15) is 0 Å². The molecule has 38 heavy (non-hydrogen) atoms. The van der Waals surface area contributed by atoms with Gasteiger partial charge in [-0.15, -0.1) is 0 Å². The molecule has 0 bridgehead atoms. The molecule has 0 spiro atoms. The molecule has 1 N–H and O–H groups in total. The van der Waals surface area contributed by atoms with Crippen molar-refractivity contribution in [2.24, 2.45) is 0 Å². The van der Waals surface area contributed by atoms with Gasteiger partial charge in [0.05, 0.1) is 17.7 Å². The van der Waals surface area contributed by atoms with E-state index in [-0.39, 0.29) is 17.3 Å². The third-order valence-corrected chi connectivity index (χ3v) is 8.19. The van der Waals surface area contributed by atoms with Crippen LogP contribution in [0, 0.1) is 6.92 Å². The van der Waals surface area contributed by atoms with Crippen LogP contribution in [0.15, 0.2) is 77.7 Å². The van der Waals surface area contributed by atoms with Crippen LogP contribution in [0.2, 0.25) is 5.02 Å².